The summed E-state index contributed by atoms with van der Waals surface area (Å²) in [5.41, 5.74) is 2.67. The van der Waals surface area contributed by atoms with E-state index in [2.05, 4.69) is 10.3 Å². The Hall–Kier alpha value is -1.90. The zero-order valence-corrected chi connectivity index (χ0v) is 10.9. The number of aromatic nitrogens is 1. The first-order chi connectivity index (χ1) is 8.58. The van der Waals surface area contributed by atoms with E-state index in [1.165, 1.54) is 0 Å². The fraction of sp³-hybridized carbons (Fsp3) is 0.267. The van der Waals surface area contributed by atoms with Crippen LogP contribution in [0.25, 0.3) is 0 Å². The second-order valence-corrected chi connectivity index (χ2v) is 4.54. The summed E-state index contributed by atoms with van der Waals surface area (Å²) >= 11 is 0. The van der Waals surface area contributed by atoms with Crippen molar-refractivity contribution in [3.63, 3.8) is 0 Å². The summed E-state index contributed by atoms with van der Waals surface area (Å²) in [6, 6.07) is 9.23. The maximum absolute atomic E-state index is 13.5. The molecule has 2 aromatic rings. The average Bonchev–Trinajstić information content (AvgIpc) is 2.35. The molecule has 1 aromatic heterocycles. The summed E-state index contributed by atoms with van der Waals surface area (Å²) in [6.07, 6.45) is 1.75. The van der Waals surface area contributed by atoms with Crippen LogP contribution in [0.4, 0.5) is 10.2 Å². The monoisotopic (exact) mass is 244 g/mol. The first-order valence-corrected chi connectivity index (χ1v) is 6.02. The Morgan fingerprint density at radius 2 is 1.94 bits per heavy atom. The Morgan fingerprint density at radius 3 is 2.61 bits per heavy atom. The molecule has 0 aliphatic rings. The molecule has 18 heavy (non-hydrogen) atoms. The molecule has 1 N–H and O–H groups in total. The number of hydrogen-bond donors (Lipinski definition) is 1. The predicted octanol–water partition coefficient (Wildman–Crippen LogP) is 4.01. The second-order valence-electron chi connectivity index (χ2n) is 4.54. The summed E-state index contributed by atoms with van der Waals surface area (Å²) in [5, 5.41) is 3.30. The molecule has 0 aliphatic carbocycles. The van der Waals surface area contributed by atoms with Gasteiger partial charge in [0, 0.05) is 6.20 Å². The highest BCUT2D eigenvalue weighted by Crippen LogP contribution is 2.21. The van der Waals surface area contributed by atoms with E-state index in [4.69, 9.17) is 0 Å². The van der Waals surface area contributed by atoms with E-state index in [9.17, 15) is 4.39 Å². The fourth-order valence-corrected chi connectivity index (χ4v) is 1.80. The second kappa shape index (κ2) is 5.17. The first kappa shape index (κ1) is 12.6. The van der Waals surface area contributed by atoms with Gasteiger partial charge in [-0.25, -0.2) is 9.37 Å². The number of hydrogen-bond acceptors (Lipinski definition) is 2. The minimum atomic E-state index is -0.168. The van der Waals surface area contributed by atoms with Crippen molar-refractivity contribution in [1.82, 2.24) is 4.98 Å². The van der Waals surface area contributed by atoms with Gasteiger partial charge in [0.15, 0.2) is 0 Å². The molecule has 0 spiro atoms. The number of rotatable bonds is 3. The minimum absolute atomic E-state index is 0.0219. The van der Waals surface area contributed by atoms with Gasteiger partial charge in [0.1, 0.15) is 11.6 Å². The summed E-state index contributed by atoms with van der Waals surface area (Å²) in [7, 11) is 0. The normalized spacial score (nSPS) is 12.2. The third kappa shape index (κ3) is 2.67. The van der Waals surface area contributed by atoms with E-state index in [1.54, 1.807) is 25.3 Å². The molecular weight excluding hydrogens is 227 g/mol. The van der Waals surface area contributed by atoms with Crippen molar-refractivity contribution in [2.75, 3.05) is 5.32 Å². The number of halogens is 1. The zero-order valence-electron chi connectivity index (χ0n) is 10.9. The molecule has 1 heterocycles. The number of nitrogens with one attached hydrogen (secondary N) is 1. The van der Waals surface area contributed by atoms with E-state index >= 15 is 0 Å². The Balaban J connectivity index is 2.19. The van der Waals surface area contributed by atoms with Crippen LogP contribution in [0, 0.1) is 19.7 Å². The SMILES string of the molecule is Cc1ccc(C(C)Nc2ncccc2C)cc1F. The van der Waals surface area contributed by atoms with Gasteiger partial charge in [-0.2, -0.15) is 0 Å². The van der Waals surface area contributed by atoms with Crippen LogP contribution in [0.5, 0.6) is 0 Å². The van der Waals surface area contributed by atoms with Gasteiger partial charge in [-0.1, -0.05) is 18.2 Å². The van der Waals surface area contributed by atoms with Gasteiger partial charge in [-0.15, -0.1) is 0 Å². The van der Waals surface area contributed by atoms with Crippen molar-refractivity contribution >= 4 is 5.82 Å². The van der Waals surface area contributed by atoms with E-state index in [-0.39, 0.29) is 11.9 Å². The maximum Gasteiger partial charge on any atom is 0.129 e. The lowest BCUT2D eigenvalue weighted by Crippen LogP contribution is -2.09. The van der Waals surface area contributed by atoms with Crippen molar-refractivity contribution in [3.8, 4) is 0 Å². The zero-order chi connectivity index (χ0) is 13.1. The highest BCUT2D eigenvalue weighted by molar-refractivity contribution is 5.45. The van der Waals surface area contributed by atoms with E-state index in [0.29, 0.717) is 5.56 Å². The van der Waals surface area contributed by atoms with Crippen molar-refractivity contribution < 1.29 is 4.39 Å². The molecule has 2 nitrogen and oxygen atoms in total. The van der Waals surface area contributed by atoms with Gasteiger partial charge in [0.25, 0.3) is 0 Å². The quantitative estimate of drug-likeness (QED) is 0.882. The number of benzene rings is 1. The van der Waals surface area contributed by atoms with Crippen LogP contribution < -0.4 is 5.32 Å². The molecule has 0 saturated heterocycles. The third-order valence-corrected chi connectivity index (χ3v) is 3.06. The molecule has 3 heteroatoms. The lowest BCUT2D eigenvalue weighted by atomic mass is 10.1. The maximum atomic E-state index is 13.5. The number of pyridine rings is 1. The van der Waals surface area contributed by atoms with E-state index in [0.717, 1.165) is 16.9 Å². The lowest BCUT2D eigenvalue weighted by molar-refractivity contribution is 0.614. The van der Waals surface area contributed by atoms with Gasteiger partial charge >= 0.3 is 0 Å². The van der Waals surface area contributed by atoms with Gasteiger partial charge in [-0.05, 0) is 49.6 Å². The van der Waals surface area contributed by atoms with Crippen molar-refractivity contribution in [3.05, 3.63) is 59.0 Å². The summed E-state index contributed by atoms with van der Waals surface area (Å²) in [5.74, 6) is 0.671. The van der Waals surface area contributed by atoms with Gasteiger partial charge < -0.3 is 5.32 Å². The molecule has 0 bridgehead atoms. The molecule has 1 atom stereocenters. The highest BCUT2D eigenvalue weighted by atomic mass is 19.1. The van der Waals surface area contributed by atoms with Crippen molar-refractivity contribution in [2.45, 2.75) is 26.8 Å². The Labute approximate surface area is 107 Å². The van der Waals surface area contributed by atoms with Gasteiger partial charge in [0.2, 0.25) is 0 Å². The van der Waals surface area contributed by atoms with Gasteiger partial charge in [0.05, 0.1) is 6.04 Å². The molecule has 0 saturated carbocycles. The summed E-state index contributed by atoms with van der Waals surface area (Å²) in [6.45, 7) is 5.76. The largest absolute Gasteiger partial charge is 0.363 e. The molecular formula is C15H17FN2. The molecule has 2 rings (SSSR count). The first-order valence-electron chi connectivity index (χ1n) is 6.02. The fourth-order valence-electron chi connectivity index (χ4n) is 1.80. The molecule has 0 radical (unpaired) electrons. The third-order valence-electron chi connectivity index (χ3n) is 3.06. The van der Waals surface area contributed by atoms with Crippen LogP contribution in [0.3, 0.4) is 0 Å². The average molecular weight is 244 g/mol. The molecule has 0 aliphatic heterocycles. The van der Waals surface area contributed by atoms with E-state index < -0.39 is 0 Å². The molecule has 0 amide bonds. The Morgan fingerprint density at radius 1 is 1.17 bits per heavy atom. The van der Waals surface area contributed by atoms with Gasteiger partial charge in [-0.3, -0.25) is 0 Å². The number of anilines is 1. The number of nitrogens with zero attached hydrogens (tertiary/aromatic N) is 1. The van der Waals surface area contributed by atoms with E-state index in [1.807, 2.05) is 32.0 Å². The smallest absolute Gasteiger partial charge is 0.129 e. The summed E-state index contributed by atoms with van der Waals surface area (Å²) in [4.78, 5) is 4.28. The standard InChI is InChI=1S/C15H17FN2/c1-10-6-7-13(9-14(10)16)12(3)18-15-11(2)5-4-8-17-15/h4-9,12H,1-3H3,(H,17,18). The van der Waals surface area contributed by atoms with Crippen LogP contribution in [-0.2, 0) is 0 Å². The topological polar surface area (TPSA) is 24.9 Å². The predicted molar refractivity (Wildman–Crippen MR) is 72.1 cm³/mol. The van der Waals surface area contributed by atoms with Crippen LogP contribution in [0.15, 0.2) is 36.5 Å². The van der Waals surface area contributed by atoms with Crippen molar-refractivity contribution in [2.24, 2.45) is 0 Å². The Bertz CT molecular complexity index is 552. The van der Waals surface area contributed by atoms with Crippen LogP contribution in [0.2, 0.25) is 0 Å². The van der Waals surface area contributed by atoms with Crippen LogP contribution in [0.1, 0.15) is 29.7 Å². The minimum Gasteiger partial charge on any atom is -0.363 e. The molecule has 1 aromatic carbocycles. The molecule has 1 unspecified atom stereocenters. The van der Waals surface area contributed by atoms with Crippen LogP contribution in [-0.4, -0.2) is 4.98 Å². The molecule has 94 valence electrons. The Kier molecular flexibility index (Phi) is 3.60. The lowest BCUT2D eigenvalue weighted by Gasteiger charge is -2.16. The number of aryl methyl sites for hydroxylation is 2. The van der Waals surface area contributed by atoms with Crippen LogP contribution >= 0.6 is 0 Å². The highest BCUT2D eigenvalue weighted by Gasteiger charge is 2.09. The summed E-state index contributed by atoms with van der Waals surface area (Å²) < 4.78 is 13.5. The van der Waals surface area contributed by atoms with Crippen molar-refractivity contribution in [1.29, 1.82) is 0 Å². The molecule has 0 fully saturated rings.